The SMILES string of the molecule is CC1=C(C)C2(CC2)C(C)(C)C1. The van der Waals surface area contributed by atoms with Crippen LogP contribution in [0, 0.1) is 10.8 Å². The normalized spacial score (nSPS) is 31.6. The van der Waals surface area contributed by atoms with Gasteiger partial charge in [0.25, 0.3) is 0 Å². The summed E-state index contributed by atoms with van der Waals surface area (Å²) in [7, 11) is 0. The van der Waals surface area contributed by atoms with Crippen molar-refractivity contribution < 1.29 is 0 Å². The van der Waals surface area contributed by atoms with Crippen molar-refractivity contribution >= 4 is 0 Å². The Morgan fingerprint density at radius 1 is 1.09 bits per heavy atom. The first-order valence-electron chi connectivity index (χ1n) is 4.66. The Kier molecular flexibility index (Phi) is 1.16. The number of hydrogen-bond acceptors (Lipinski definition) is 0. The number of rotatable bonds is 0. The van der Waals surface area contributed by atoms with Gasteiger partial charge in [-0.05, 0) is 43.9 Å². The summed E-state index contributed by atoms with van der Waals surface area (Å²) >= 11 is 0. The Balaban J connectivity index is 2.42. The van der Waals surface area contributed by atoms with Crippen LogP contribution in [0.2, 0.25) is 0 Å². The molecule has 62 valence electrons. The molecule has 2 aliphatic carbocycles. The van der Waals surface area contributed by atoms with Gasteiger partial charge in [-0.25, -0.2) is 0 Å². The molecule has 0 radical (unpaired) electrons. The van der Waals surface area contributed by atoms with Gasteiger partial charge in [0, 0.05) is 0 Å². The first-order valence-corrected chi connectivity index (χ1v) is 4.66. The molecular formula is C11H18. The zero-order valence-electron chi connectivity index (χ0n) is 8.12. The molecular weight excluding hydrogens is 132 g/mol. The highest BCUT2D eigenvalue weighted by molar-refractivity contribution is 5.35. The van der Waals surface area contributed by atoms with Crippen molar-refractivity contribution in [2.45, 2.75) is 47.0 Å². The van der Waals surface area contributed by atoms with E-state index in [0.717, 1.165) is 0 Å². The molecule has 0 atom stereocenters. The van der Waals surface area contributed by atoms with Crippen LogP contribution in [0.3, 0.4) is 0 Å². The van der Waals surface area contributed by atoms with Crippen molar-refractivity contribution in [1.29, 1.82) is 0 Å². The van der Waals surface area contributed by atoms with E-state index in [1.807, 2.05) is 0 Å². The average Bonchev–Trinajstić information content (AvgIpc) is 2.60. The van der Waals surface area contributed by atoms with Gasteiger partial charge in [0.2, 0.25) is 0 Å². The second kappa shape index (κ2) is 1.73. The summed E-state index contributed by atoms with van der Waals surface area (Å²) in [5.41, 5.74) is 4.59. The molecule has 1 fully saturated rings. The molecule has 2 aliphatic rings. The summed E-state index contributed by atoms with van der Waals surface area (Å²) in [5, 5.41) is 0. The number of allylic oxidation sites excluding steroid dienone is 2. The van der Waals surface area contributed by atoms with Crippen molar-refractivity contribution in [1.82, 2.24) is 0 Å². The van der Waals surface area contributed by atoms with Crippen molar-refractivity contribution in [2.75, 3.05) is 0 Å². The van der Waals surface area contributed by atoms with Gasteiger partial charge in [0.15, 0.2) is 0 Å². The van der Waals surface area contributed by atoms with Crippen LogP contribution in [0.5, 0.6) is 0 Å². The van der Waals surface area contributed by atoms with Crippen LogP contribution in [0.15, 0.2) is 11.1 Å². The first-order chi connectivity index (χ1) is 5.00. The van der Waals surface area contributed by atoms with Gasteiger partial charge >= 0.3 is 0 Å². The topological polar surface area (TPSA) is 0 Å². The first kappa shape index (κ1) is 7.39. The lowest BCUT2D eigenvalue weighted by Crippen LogP contribution is -2.20. The highest BCUT2D eigenvalue weighted by atomic mass is 14.6. The third kappa shape index (κ3) is 0.706. The lowest BCUT2D eigenvalue weighted by molar-refractivity contribution is 0.252. The van der Waals surface area contributed by atoms with Crippen LogP contribution in [-0.2, 0) is 0 Å². The van der Waals surface area contributed by atoms with E-state index in [-0.39, 0.29) is 0 Å². The molecule has 0 bridgehead atoms. The largest absolute Gasteiger partial charge is 0.0733 e. The number of hydrogen-bond donors (Lipinski definition) is 0. The maximum Gasteiger partial charge on any atom is -0.00335 e. The van der Waals surface area contributed by atoms with Gasteiger partial charge in [0.05, 0.1) is 0 Å². The molecule has 0 heterocycles. The molecule has 0 saturated heterocycles. The van der Waals surface area contributed by atoms with Crippen LogP contribution >= 0.6 is 0 Å². The van der Waals surface area contributed by atoms with Gasteiger partial charge in [-0.1, -0.05) is 25.0 Å². The van der Waals surface area contributed by atoms with Crippen LogP contribution < -0.4 is 0 Å². The summed E-state index contributed by atoms with van der Waals surface area (Å²) in [6.07, 6.45) is 4.23. The summed E-state index contributed by atoms with van der Waals surface area (Å²) in [4.78, 5) is 0. The minimum atomic E-state index is 0.571. The fourth-order valence-electron chi connectivity index (χ4n) is 3.06. The van der Waals surface area contributed by atoms with E-state index < -0.39 is 0 Å². The van der Waals surface area contributed by atoms with Crippen molar-refractivity contribution in [3.05, 3.63) is 11.1 Å². The van der Waals surface area contributed by atoms with Crippen LogP contribution in [0.4, 0.5) is 0 Å². The Hall–Kier alpha value is -0.260. The molecule has 1 spiro atoms. The molecule has 0 aromatic heterocycles. The third-order valence-electron chi connectivity index (χ3n) is 4.11. The van der Waals surface area contributed by atoms with Crippen LogP contribution in [0.25, 0.3) is 0 Å². The Morgan fingerprint density at radius 3 is 1.82 bits per heavy atom. The van der Waals surface area contributed by atoms with Crippen LogP contribution in [0.1, 0.15) is 47.0 Å². The van der Waals surface area contributed by atoms with E-state index in [9.17, 15) is 0 Å². The van der Waals surface area contributed by atoms with E-state index >= 15 is 0 Å². The van der Waals surface area contributed by atoms with E-state index in [1.54, 1.807) is 11.1 Å². The fourth-order valence-corrected chi connectivity index (χ4v) is 3.06. The summed E-state index contributed by atoms with van der Waals surface area (Å²) in [6, 6.07) is 0. The highest BCUT2D eigenvalue weighted by Crippen LogP contribution is 2.69. The predicted molar refractivity (Wildman–Crippen MR) is 48.4 cm³/mol. The van der Waals surface area contributed by atoms with E-state index in [4.69, 9.17) is 0 Å². The highest BCUT2D eigenvalue weighted by Gasteiger charge is 2.58. The third-order valence-corrected chi connectivity index (χ3v) is 4.11. The maximum atomic E-state index is 2.43. The molecule has 0 unspecified atom stereocenters. The Bertz CT molecular complexity index is 226. The van der Waals surface area contributed by atoms with E-state index in [1.165, 1.54) is 19.3 Å². The van der Waals surface area contributed by atoms with Gasteiger partial charge in [-0.15, -0.1) is 0 Å². The molecule has 0 aromatic carbocycles. The second-order valence-corrected chi connectivity index (χ2v) is 5.05. The zero-order valence-corrected chi connectivity index (χ0v) is 8.12. The minimum absolute atomic E-state index is 0.571. The summed E-state index contributed by atoms with van der Waals surface area (Å²) in [6.45, 7) is 9.52. The smallest absolute Gasteiger partial charge is 0.00335 e. The molecule has 1 saturated carbocycles. The molecule has 0 heteroatoms. The standard InChI is InChI=1S/C11H18/c1-8-7-10(3,4)11(5-6-11)9(8)2/h5-7H2,1-4H3. The Labute approximate surface area is 69.7 Å². The predicted octanol–water partition coefficient (Wildman–Crippen LogP) is 3.53. The van der Waals surface area contributed by atoms with Gasteiger partial charge < -0.3 is 0 Å². The Morgan fingerprint density at radius 2 is 1.64 bits per heavy atom. The van der Waals surface area contributed by atoms with Crippen LogP contribution in [-0.4, -0.2) is 0 Å². The zero-order chi connectivity index (χ0) is 8.28. The van der Waals surface area contributed by atoms with Crippen molar-refractivity contribution in [3.8, 4) is 0 Å². The average molecular weight is 150 g/mol. The monoisotopic (exact) mass is 150 g/mol. The summed E-state index contributed by atoms with van der Waals surface area (Å²) < 4.78 is 0. The lowest BCUT2D eigenvalue weighted by atomic mass is 9.76. The molecule has 11 heavy (non-hydrogen) atoms. The quantitative estimate of drug-likeness (QED) is 0.463. The molecule has 0 aromatic rings. The van der Waals surface area contributed by atoms with E-state index in [2.05, 4.69) is 27.7 Å². The maximum absolute atomic E-state index is 2.43. The van der Waals surface area contributed by atoms with E-state index in [0.29, 0.717) is 10.8 Å². The molecule has 2 rings (SSSR count). The second-order valence-electron chi connectivity index (χ2n) is 5.05. The molecule has 0 aliphatic heterocycles. The van der Waals surface area contributed by atoms with Gasteiger partial charge in [0.1, 0.15) is 0 Å². The molecule has 0 N–H and O–H groups in total. The lowest BCUT2D eigenvalue weighted by Gasteiger charge is -2.28. The van der Waals surface area contributed by atoms with Gasteiger partial charge in [-0.3, -0.25) is 0 Å². The van der Waals surface area contributed by atoms with Crippen molar-refractivity contribution in [2.24, 2.45) is 10.8 Å². The van der Waals surface area contributed by atoms with Crippen molar-refractivity contribution in [3.63, 3.8) is 0 Å². The minimum Gasteiger partial charge on any atom is -0.0733 e. The molecule has 0 nitrogen and oxygen atoms in total. The van der Waals surface area contributed by atoms with Gasteiger partial charge in [-0.2, -0.15) is 0 Å². The molecule has 0 amide bonds. The summed E-state index contributed by atoms with van der Waals surface area (Å²) in [5.74, 6) is 0. The fraction of sp³-hybridized carbons (Fsp3) is 0.818.